The lowest BCUT2D eigenvalue weighted by Crippen LogP contribution is -2.58. The van der Waals surface area contributed by atoms with Gasteiger partial charge < -0.3 is 25.8 Å². The number of benzene rings is 1. The van der Waals surface area contributed by atoms with Crippen LogP contribution >= 0.6 is 0 Å². The lowest BCUT2D eigenvalue weighted by Gasteiger charge is -2.35. The number of halogens is 6. The van der Waals surface area contributed by atoms with Gasteiger partial charge in [-0.15, -0.1) is 0 Å². The summed E-state index contributed by atoms with van der Waals surface area (Å²) in [5.41, 5.74) is -1.47. The van der Waals surface area contributed by atoms with Crippen molar-refractivity contribution in [3.05, 3.63) is 29.6 Å². The van der Waals surface area contributed by atoms with E-state index in [1.54, 1.807) is 0 Å². The summed E-state index contributed by atoms with van der Waals surface area (Å²) in [6, 6.07) is -3.95. The van der Waals surface area contributed by atoms with E-state index in [1.807, 2.05) is 13.8 Å². The maximum atomic E-state index is 14.5. The Balaban J connectivity index is 1.41. The van der Waals surface area contributed by atoms with E-state index in [9.17, 15) is 50.3 Å². The number of likely N-dealkylation sites (tertiary alicyclic amines) is 2. The van der Waals surface area contributed by atoms with Crippen molar-refractivity contribution in [1.29, 1.82) is 0 Å². The molecule has 3 N–H and O–H groups in total. The molecule has 1 saturated carbocycles. The van der Waals surface area contributed by atoms with Gasteiger partial charge in [0, 0.05) is 50.7 Å². The summed E-state index contributed by atoms with van der Waals surface area (Å²) in [4.78, 5) is 68.6. The molecule has 4 amide bonds. The van der Waals surface area contributed by atoms with Gasteiger partial charge in [-0.05, 0) is 42.9 Å². The van der Waals surface area contributed by atoms with Crippen molar-refractivity contribution < 1.29 is 50.3 Å². The van der Waals surface area contributed by atoms with Crippen LogP contribution in [0.15, 0.2) is 12.1 Å². The highest BCUT2D eigenvalue weighted by Gasteiger charge is 2.69. The Labute approximate surface area is 260 Å². The first-order valence-corrected chi connectivity index (χ1v) is 15.2. The number of piperidine rings is 1. The quantitative estimate of drug-likeness (QED) is 0.248. The molecular formula is C30H35F6N5O5. The van der Waals surface area contributed by atoms with Crippen LogP contribution in [0.4, 0.5) is 32.0 Å². The van der Waals surface area contributed by atoms with E-state index in [1.165, 1.54) is 4.90 Å². The number of ketones is 1. The predicted molar refractivity (Wildman–Crippen MR) is 149 cm³/mol. The number of fused-ring (bicyclic) bond motifs is 1. The van der Waals surface area contributed by atoms with Crippen LogP contribution in [0.2, 0.25) is 0 Å². The molecule has 4 aliphatic rings. The van der Waals surface area contributed by atoms with E-state index in [2.05, 4.69) is 16.0 Å². The third kappa shape index (κ3) is 6.66. The molecule has 6 atom stereocenters. The van der Waals surface area contributed by atoms with Gasteiger partial charge in [0.15, 0.2) is 11.6 Å². The van der Waals surface area contributed by atoms with E-state index in [0.29, 0.717) is 44.6 Å². The fourth-order valence-electron chi connectivity index (χ4n) is 6.90. The number of alkyl halides is 3. The first kappa shape index (κ1) is 33.5. The fourth-order valence-corrected chi connectivity index (χ4v) is 6.90. The van der Waals surface area contributed by atoms with Gasteiger partial charge in [-0.3, -0.25) is 24.0 Å². The van der Waals surface area contributed by atoms with Crippen LogP contribution in [-0.4, -0.2) is 89.7 Å². The van der Waals surface area contributed by atoms with E-state index in [-0.39, 0.29) is 24.8 Å². The van der Waals surface area contributed by atoms with Crippen molar-refractivity contribution in [2.24, 2.45) is 23.2 Å². The number of rotatable bonds is 11. The van der Waals surface area contributed by atoms with Crippen molar-refractivity contribution in [2.75, 3.05) is 31.5 Å². The number of nitrogens with zero attached hydrogens (tertiary/aromatic N) is 2. The van der Waals surface area contributed by atoms with Gasteiger partial charge in [-0.2, -0.15) is 13.2 Å². The van der Waals surface area contributed by atoms with Gasteiger partial charge in [0.2, 0.25) is 23.5 Å². The van der Waals surface area contributed by atoms with E-state index in [0.717, 1.165) is 4.90 Å². The van der Waals surface area contributed by atoms with Crippen LogP contribution in [0.25, 0.3) is 0 Å². The smallest absolute Gasteiger partial charge is 0.369 e. The Morgan fingerprint density at radius 3 is 2.26 bits per heavy atom. The second-order valence-corrected chi connectivity index (χ2v) is 13.1. The monoisotopic (exact) mass is 659 g/mol. The Bertz CT molecular complexity index is 1410. The number of carbonyl (C=O) groups excluding carboxylic acids is 5. The van der Waals surface area contributed by atoms with Crippen molar-refractivity contribution in [3.8, 4) is 0 Å². The molecule has 0 radical (unpaired) electrons. The number of carbonyl (C=O) groups is 5. The highest BCUT2D eigenvalue weighted by atomic mass is 19.4. The Morgan fingerprint density at radius 2 is 1.72 bits per heavy atom. The molecule has 0 spiro atoms. The number of anilines is 1. The SMILES string of the molecule is CC1(C)[C@@H]2[C@@H](C(=O)N[C@@H](C[C@@H]3CCNC3=O)C(=O)C(=O)N3CCC3)N(C(=O)[C@@H](CCC(F)(F)F)Nc3c(F)cc(F)cc3F)C[C@@H]21. The normalized spacial score (nSPS) is 26.0. The molecule has 1 aromatic rings. The van der Waals surface area contributed by atoms with Gasteiger partial charge in [0.05, 0.1) is 6.04 Å². The van der Waals surface area contributed by atoms with Crippen LogP contribution in [-0.2, 0) is 24.0 Å². The zero-order valence-electron chi connectivity index (χ0n) is 25.2. The van der Waals surface area contributed by atoms with Crippen molar-refractivity contribution in [1.82, 2.24) is 20.4 Å². The average Bonchev–Trinajstić information content (AvgIpc) is 3.27. The number of amides is 4. The average molecular weight is 660 g/mol. The van der Waals surface area contributed by atoms with Crippen LogP contribution in [0.5, 0.6) is 0 Å². The lowest BCUT2D eigenvalue weighted by molar-refractivity contribution is -0.150. The molecular weight excluding hydrogens is 624 g/mol. The predicted octanol–water partition coefficient (Wildman–Crippen LogP) is 2.52. The molecule has 0 aromatic heterocycles. The third-order valence-corrected chi connectivity index (χ3v) is 9.77. The summed E-state index contributed by atoms with van der Waals surface area (Å²) in [6.45, 7) is 4.68. The molecule has 3 saturated heterocycles. The van der Waals surface area contributed by atoms with Crippen molar-refractivity contribution in [3.63, 3.8) is 0 Å². The third-order valence-electron chi connectivity index (χ3n) is 9.77. The maximum absolute atomic E-state index is 14.5. The minimum absolute atomic E-state index is 0.0660. The molecule has 1 aliphatic carbocycles. The summed E-state index contributed by atoms with van der Waals surface area (Å²) in [7, 11) is 0. The number of hydrogen-bond acceptors (Lipinski definition) is 6. The minimum atomic E-state index is -4.74. The van der Waals surface area contributed by atoms with E-state index in [4.69, 9.17) is 0 Å². The zero-order valence-corrected chi connectivity index (χ0v) is 25.2. The van der Waals surface area contributed by atoms with Gasteiger partial charge in [0.1, 0.15) is 23.6 Å². The Hall–Kier alpha value is -3.85. The molecule has 1 aromatic carbocycles. The summed E-state index contributed by atoms with van der Waals surface area (Å²) < 4.78 is 82.2. The molecule has 3 aliphatic heterocycles. The van der Waals surface area contributed by atoms with Crippen LogP contribution in [0.1, 0.15) is 46.0 Å². The van der Waals surface area contributed by atoms with Crippen LogP contribution in [0, 0.1) is 40.6 Å². The highest BCUT2D eigenvalue weighted by Crippen LogP contribution is 2.65. The molecule has 0 bridgehead atoms. The summed E-state index contributed by atoms with van der Waals surface area (Å²) in [6.07, 6.45) is -6.31. The number of nitrogens with one attached hydrogen (secondary N) is 3. The van der Waals surface area contributed by atoms with Crippen LogP contribution in [0.3, 0.4) is 0 Å². The number of Topliss-reactive ketones (excluding diaryl/α,β-unsaturated/α-hetero) is 1. The van der Waals surface area contributed by atoms with E-state index < -0.39 is 101 Å². The van der Waals surface area contributed by atoms with Gasteiger partial charge in [0.25, 0.3) is 5.91 Å². The standard InChI is InChI=1S/C30H35F6N5O5/c1-29(2)16-13-41(27(45)19(4-6-30(34,35)36)38-22-17(32)11-15(31)12-18(22)33)23(21(16)29)26(44)39-20(10-14-5-7-37-25(14)43)24(42)28(46)40-8-3-9-40/h11-12,14,16,19-21,23,38H,3-10,13H2,1-2H3,(H,37,43)(H,39,44)/t14-,16-,19+,20-,21-,23-/m0/s1. The van der Waals surface area contributed by atoms with E-state index >= 15 is 0 Å². The molecule has 5 rings (SSSR count). The molecule has 16 heteroatoms. The maximum Gasteiger partial charge on any atom is 0.389 e. The summed E-state index contributed by atoms with van der Waals surface area (Å²) in [5.74, 6) is -9.59. The molecule has 0 unspecified atom stereocenters. The molecule has 3 heterocycles. The van der Waals surface area contributed by atoms with Gasteiger partial charge >= 0.3 is 6.18 Å². The lowest BCUT2D eigenvalue weighted by atomic mass is 9.93. The Kier molecular flexibility index (Phi) is 9.03. The van der Waals surface area contributed by atoms with Crippen molar-refractivity contribution in [2.45, 2.75) is 70.3 Å². The van der Waals surface area contributed by atoms with Crippen molar-refractivity contribution >= 4 is 35.1 Å². The minimum Gasteiger partial charge on any atom is -0.369 e. The zero-order chi connectivity index (χ0) is 33.7. The van der Waals surface area contributed by atoms with Gasteiger partial charge in [-0.25, -0.2) is 13.2 Å². The largest absolute Gasteiger partial charge is 0.389 e. The topological polar surface area (TPSA) is 128 Å². The fraction of sp³-hybridized carbons (Fsp3) is 0.633. The van der Waals surface area contributed by atoms with Gasteiger partial charge in [-0.1, -0.05) is 13.8 Å². The number of hydrogen-bond donors (Lipinski definition) is 3. The second kappa shape index (κ2) is 12.4. The summed E-state index contributed by atoms with van der Waals surface area (Å²) >= 11 is 0. The Morgan fingerprint density at radius 1 is 1.07 bits per heavy atom. The second-order valence-electron chi connectivity index (χ2n) is 13.1. The first-order chi connectivity index (χ1) is 21.5. The molecule has 4 fully saturated rings. The highest BCUT2D eigenvalue weighted by molar-refractivity contribution is 6.38. The molecule has 252 valence electrons. The first-order valence-electron chi connectivity index (χ1n) is 15.2. The molecule has 10 nitrogen and oxygen atoms in total. The molecule has 46 heavy (non-hydrogen) atoms. The summed E-state index contributed by atoms with van der Waals surface area (Å²) in [5, 5.41) is 7.37. The van der Waals surface area contributed by atoms with Crippen LogP contribution < -0.4 is 16.0 Å².